The molecular formula is C20H23F3N4OS. The van der Waals surface area contributed by atoms with Crippen LogP contribution in [-0.2, 0) is 31.9 Å². The fourth-order valence-corrected chi connectivity index (χ4v) is 4.77. The summed E-state index contributed by atoms with van der Waals surface area (Å²) >= 11 is 0.726. The van der Waals surface area contributed by atoms with Crippen molar-refractivity contribution < 1.29 is 18.0 Å². The zero-order valence-electron chi connectivity index (χ0n) is 16.3. The van der Waals surface area contributed by atoms with E-state index in [4.69, 9.17) is 0 Å². The lowest BCUT2D eigenvalue weighted by atomic mass is 9.99. The van der Waals surface area contributed by atoms with E-state index in [1.54, 1.807) is 13.8 Å². The molecule has 2 N–H and O–H groups in total. The van der Waals surface area contributed by atoms with Crippen LogP contribution in [0.15, 0.2) is 12.3 Å². The minimum atomic E-state index is -4.48. The third kappa shape index (κ3) is 3.97. The Balaban J connectivity index is 1.49. The molecule has 0 spiro atoms. The number of fused-ring (bicyclic) bond motifs is 2. The van der Waals surface area contributed by atoms with Gasteiger partial charge in [0.05, 0.1) is 29.6 Å². The van der Waals surface area contributed by atoms with Crippen LogP contribution in [0, 0.1) is 0 Å². The minimum Gasteiger partial charge on any atom is -0.307 e. The molecule has 4 rings (SSSR count). The second-order valence-corrected chi connectivity index (χ2v) is 8.63. The van der Waals surface area contributed by atoms with E-state index in [2.05, 4.69) is 21.2 Å². The third-order valence-electron chi connectivity index (χ3n) is 5.52. The highest BCUT2D eigenvalue weighted by molar-refractivity contribution is 7.96. The normalized spacial score (nSPS) is 15.5. The van der Waals surface area contributed by atoms with Crippen LogP contribution >= 0.6 is 12.1 Å². The molecule has 0 bridgehead atoms. The summed E-state index contributed by atoms with van der Waals surface area (Å²) in [7, 11) is 0. The Labute approximate surface area is 171 Å². The number of aryl methyl sites for hydroxylation is 2. The highest BCUT2D eigenvalue weighted by Crippen LogP contribution is 2.39. The van der Waals surface area contributed by atoms with Crippen LogP contribution in [0.2, 0.25) is 0 Å². The average Bonchev–Trinajstić information content (AvgIpc) is 3.37. The number of halogens is 3. The Morgan fingerprint density at radius 1 is 1.14 bits per heavy atom. The van der Waals surface area contributed by atoms with Gasteiger partial charge in [0.15, 0.2) is 0 Å². The predicted octanol–water partition coefficient (Wildman–Crippen LogP) is 5.24. The topological polar surface area (TPSA) is 59.0 Å². The molecule has 0 unspecified atom stereocenters. The summed E-state index contributed by atoms with van der Waals surface area (Å²) in [6, 6.07) is 1.82. The molecule has 0 saturated heterocycles. The zero-order valence-corrected chi connectivity index (χ0v) is 17.1. The maximum Gasteiger partial charge on any atom is 0.419 e. The van der Waals surface area contributed by atoms with Gasteiger partial charge in [-0.15, -0.1) is 0 Å². The first-order valence-corrected chi connectivity index (χ1v) is 10.6. The fourth-order valence-electron chi connectivity index (χ4n) is 4.25. The van der Waals surface area contributed by atoms with E-state index in [1.807, 2.05) is 0 Å². The summed E-state index contributed by atoms with van der Waals surface area (Å²) < 4.78 is 43.2. The quantitative estimate of drug-likeness (QED) is 0.661. The number of nitrogens with one attached hydrogen (secondary N) is 2. The smallest absolute Gasteiger partial charge is 0.307 e. The number of hydrogen-bond donors (Lipinski definition) is 2. The lowest BCUT2D eigenvalue weighted by Gasteiger charge is -2.16. The van der Waals surface area contributed by atoms with Crippen LogP contribution < -0.4 is 10.0 Å². The van der Waals surface area contributed by atoms with E-state index < -0.39 is 17.8 Å². The number of anilines is 1. The van der Waals surface area contributed by atoms with Gasteiger partial charge in [-0.3, -0.25) is 4.72 Å². The molecule has 2 aliphatic carbocycles. The van der Waals surface area contributed by atoms with Crippen molar-refractivity contribution in [2.45, 2.75) is 64.5 Å². The maximum atomic E-state index is 13.2. The van der Waals surface area contributed by atoms with E-state index in [0.29, 0.717) is 0 Å². The molecule has 2 amide bonds. The largest absolute Gasteiger partial charge is 0.419 e. The standard InChI is InChI=1S/C20H23F3N4OS/c1-11(2)17-16(20(21,22)23)10-27(25-17)29-26-19(28)24-18-14-7-3-5-12(14)9-13-6-4-8-15(13)18/h9-11H,3-8H2,1-2H3,(H2,24,26,28). The van der Waals surface area contributed by atoms with Crippen molar-refractivity contribution in [3.8, 4) is 0 Å². The summed E-state index contributed by atoms with van der Waals surface area (Å²) in [4.78, 5) is 12.5. The van der Waals surface area contributed by atoms with Gasteiger partial charge in [-0.05, 0) is 66.7 Å². The van der Waals surface area contributed by atoms with Crippen molar-refractivity contribution in [2.75, 3.05) is 5.32 Å². The summed E-state index contributed by atoms with van der Waals surface area (Å²) in [6.45, 7) is 3.31. The number of hydrogen-bond acceptors (Lipinski definition) is 3. The highest BCUT2D eigenvalue weighted by Gasteiger charge is 2.37. The molecule has 0 saturated carbocycles. The molecule has 2 aromatic rings. The van der Waals surface area contributed by atoms with Crippen molar-refractivity contribution in [3.05, 3.63) is 45.8 Å². The maximum absolute atomic E-state index is 13.2. The van der Waals surface area contributed by atoms with E-state index in [-0.39, 0.29) is 11.6 Å². The van der Waals surface area contributed by atoms with Crippen molar-refractivity contribution >= 4 is 23.9 Å². The first-order chi connectivity index (χ1) is 13.7. The molecule has 9 heteroatoms. The Hall–Kier alpha value is -2.16. The average molecular weight is 424 g/mol. The summed E-state index contributed by atoms with van der Waals surface area (Å²) in [5.41, 5.74) is 5.09. The molecule has 5 nitrogen and oxygen atoms in total. The van der Waals surface area contributed by atoms with Gasteiger partial charge >= 0.3 is 12.2 Å². The molecule has 1 aromatic carbocycles. The Morgan fingerprint density at radius 3 is 2.28 bits per heavy atom. The van der Waals surface area contributed by atoms with Gasteiger partial charge in [0.1, 0.15) is 0 Å². The number of amides is 2. The number of carbonyl (C=O) groups excluding carboxylic acids is 1. The molecule has 29 heavy (non-hydrogen) atoms. The number of urea groups is 1. The number of nitrogens with zero attached hydrogens (tertiary/aromatic N) is 2. The lowest BCUT2D eigenvalue weighted by molar-refractivity contribution is -0.138. The van der Waals surface area contributed by atoms with Crippen LogP contribution in [0.4, 0.5) is 23.7 Å². The second-order valence-electron chi connectivity index (χ2n) is 7.86. The van der Waals surface area contributed by atoms with Gasteiger partial charge in [0.2, 0.25) is 0 Å². The van der Waals surface area contributed by atoms with E-state index in [1.165, 1.54) is 22.3 Å². The summed E-state index contributed by atoms with van der Waals surface area (Å²) in [6.07, 6.45) is 2.53. The van der Waals surface area contributed by atoms with Crippen LogP contribution in [-0.4, -0.2) is 15.2 Å². The van der Waals surface area contributed by atoms with E-state index in [0.717, 1.165) is 66.6 Å². The molecule has 1 heterocycles. The van der Waals surface area contributed by atoms with Crippen molar-refractivity contribution in [2.24, 2.45) is 0 Å². The summed E-state index contributed by atoms with van der Waals surface area (Å²) in [5.74, 6) is -0.378. The van der Waals surface area contributed by atoms with Gasteiger partial charge in [-0.1, -0.05) is 19.9 Å². The van der Waals surface area contributed by atoms with E-state index >= 15 is 0 Å². The number of alkyl halides is 3. The van der Waals surface area contributed by atoms with Crippen LogP contribution in [0.25, 0.3) is 0 Å². The monoisotopic (exact) mass is 424 g/mol. The minimum absolute atomic E-state index is 0.0362. The van der Waals surface area contributed by atoms with Gasteiger partial charge in [-0.25, -0.2) is 4.79 Å². The summed E-state index contributed by atoms with van der Waals surface area (Å²) in [5, 5.41) is 6.94. The number of carbonyl (C=O) groups is 1. The van der Waals surface area contributed by atoms with Gasteiger partial charge in [0.25, 0.3) is 0 Å². The molecule has 0 radical (unpaired) electrons. The molecule has 0 fully saturated rings. The third-order valence-corrected chi connectivity index (χ3v) is 6.17. The van der Waals surface area contributed by atoms with Crippen molar-refractivity contribution in [1.82, 2.24) is 13.9 Å². The lowest BCUT2D eigenvalue weighted by Crippen LogP contribution is -2.25. The van der Waals surface area contributed by atoms with Crippen molar-refractivity contribution in [3.63, 3.8) is 0 Å². The van der Waals surface area contributed by atoms with Crippen molar-refractivity contribution in [1.29, 1.82) is 0 Å². The zero-order chi connectivity index (χ0) is 20.8. The molecule has 0 atom stereocenters. The van der Waals surface area contributed by atoms with Crippen LogP contribution in [0.5, 0.6) is 0 Å². The highest BCUT2D eigenvalue weighted by atomic mass is 32.2. The predicted molar refractivity (Wildman–Crippen MR) is 107 cm³/mol. The first kappa shape index (κ1) is 20.1. The Kier molecular flexibility index (Phi) is 5.27. The molecule has 156 valence electrons. The molecule has 2 aliphatic rings. The molecule has 1 aromatic heterocycles. The second kappa shape index (κ2) is 7.59. The molecule has 0 aliphatic heterocycles. The van der Waals surface area contributed by atoms with Crippen LogP contribution in [0.1, 0.15) is 66.1 Å². The molecular weight excluding hydrogens is 401 g/mol. The van der Waals surface area contributed by atoms with Gasteiger partial charge < -0.3 is 5.32 Å². The van der Waals surface area contributed by atoms with Gasteiger partial charge in [0, 0.05) is 5.69 Å². The number of benzene rings is 1. The van der Waals surface area contributed by atoms with E-state index in [9.17, 15) is 18.0 Å². The Bertz CT molecular complexity index is 920. The first-order valence-electron chi connectivity index (χ1n) is 9.81. The Morgan fingerprint density at radius 2 is 1.76 bits per heavy atom. The number of rotatable bonds is 4. The number of aromatic nitrogens is 2. The fraction of sp³-hybridized carbons (Fsp3) is 0.500. The SMILES string of the molecule is CC(C)c1nn(SNC(=O)Nc2c3c(cc4c2CCC4)CCC3)cc1C(F)(F)F. The van der Waals surface area contributed by atoms with Crippen LogP contribution in [0.3, 0.4) is 0 Å². The van der Waals surface area contributed by atoms with Gasteiger partial charge in [-0.2, -0.15) is 22.4 Å².